The highest BCUT2D eigenvalue weighted by molar-refractivity contribution is 6.32. The van der Waals surface area contributed by atoms with Gasteiger partial charge in [0, 0.05) is 22.3 Å². The fourth-order valence-electron chi connectivity index (χ4n) is 3.19. The number of carbonyl (C=O) groups is 1. The Hall–Kier alpha value is -3.51. The summed E-state index contributed by atoms with van der Waals surface area (Å²) in [5.41, 5.74) is 4.67. The fourth-order valence-corrected chi connectivity index (χ4v) is 3.30. The summed E-state index contributed by atoms with van der Waals surface area (Å²) in [6.07, 6.45) is 0. The van der Waals surface area contributed by atoms with Crippen LogP contribution in [0, 0.1) is 13.8 Å². The summed E-state index contributed by atoms with van der Waals surface area (Å²) in [6, 6.07) is 16.3. The number of benzene rings is 3. The molecule has 0 aliphatic rings. The molecule has 0 atom stereocenters. The van der Waals surface area contributed by atoms with Gasteiger partial charge in [0.15, 0.2) is 12.2 Å². The highest BCUT2D eigenvalue weighted by Crippen LogP contribution is 2.28. The summed E-state index contributed by atoms with van der Waals surface area (Å²) in [5.74, 6) is 1.57. The lowest BCUT2D eigenvalue weighted by Crippen LogP contribution is -2.20. The largest absolute Gasteiger partial charge is 0.497 e. The molecule has 0 saturated carbocycles. The third-order valence-electron chi connectivity index (χ3n) is 4.79. The molecule has 1 heterocycles. The first-order chi connectivity index (χ1) is 14.9. The smallest absolute Gasteiger partial charge is 0.262 e. The second-order valence-electron chi connectivity index (χ2n) is 7.14. The number of hydrogen-bond acceptors (Lipinski definition) is 5. The minimum absolute atomic E-state index is 0.102. The third kappa shape index (κ3) is 4.64. The highest BCUT2D eigenvalue weighted by atomic mass is 35.5. The van der Waals surface area contributed by atoms with E-state index in [1.807, 2.05) is 56.3 Å². The van der Waals surface area contributed by atoms with E-state index in [0.717, 1.165) is 28.0 Å². The van der Waals surface area contributed by atoms with E-state index in [1.165, 1.54) is 0 Å². The van der Waals surface area contributed by atoms with Crippen LogP contribution in [0.4, 0.5) is 5.69 Å². The van der Waals surface area contributed by atoms with Crippen molar-refractivity contribution in [3.8, 4) is 23.0 Å². The number of aryl methyl sites for hydroxylation is 2. The number of halogens is 1. The second kappa shape index (κ2) is 8.70. The summed E-state index contributed by atoms with van der Waals surface area (Å²) in [4.78, 5) is 16.8. The first-order valence-electron chi connectivity index (χ1n) is 9.67. The Labute approximate surface area is 184 Å². The van der Waals surface area contributed by atoms with Gasteiger partial charge >= 0.3 is 0 Å². The van der Waals surface area contributed by atoms with Crippen LogP contribution in [0.25, 0.3) is 22.6 Å². The molecule has 158 valence electrons. The first kappa shape index (κ1) is 20.8. The molecule has 7 heteroatoms. The van der Waals surface area contributed by atoms with Crippen molar-refractivity contribution in [1.29, 1.82) is 0 Å². The van der Waals surface area contributed by atoms with Crippen LogP contribution in [0.15, 0.2) is 59.0 Å². The Morgan fingerprint density at radius 1 is 1.03 bits per heavy atom. The van der Waals surface area contributed by atoms with Gasteiger partial charge < -0.3 is 19.2 Å². The number of fused-ring (bicyclic) bond motifs is 1. The van der Waals surface area contributed by atoms with Gasteiger partial charge in [0.25, 0.3) is 5.91 Å². The van der Waals surface area contributed by atoms with Gasteiger partial charge in [-0.05, 0) is 73.5 Å². The first-order valence-corrected chi connectivity index (χ1v) is 10.0. The zero-order valence-electron chi connectivity index (χ0n) is 17.4. The number of amides is 1. The standard InChI is InChI=1S/C24H21ClN2O4/c1-14-10-19(11-15(2)23(14)25)30-13-22(28)26-17-6-4-16(5-7-17)24-27-20-12-18(29-3)8-9-21(20)31-24/h4-12H,13H2,1-3H3,(H,26,28). The molecule has 3 aromatic carbocycles. The molecule has 0 saturated heterocycles. The van der Waals surface area contributed by atoms with E-state index >= 15 is 0 Å². The maximum atomic E-state index is 12.3. The maximum Gasteiger partial charge on any atom is 0.262 e. The van der Waals surface area contributed by atoms with Crippen LogP contribution in [0.3, 0.4) is 0 Å². The quantitative estimate of drug-likeness (QED) is 0.414. The molecule has 0 spiro atoms. The van der Waals surface area contributed by atoms with Crippen molar-refractivity contribution in [3.05, 3.63) is 70.7 Å². The monoisotopic (exact) mass is 436 g/mol. The number of nitrogens with zero attached hydrogens (tertiary/aromatic N) is 1. The number of carbonyl (C=O) groups excluding carboxylic acids is 1. The summed E-state index contributed by atoms with van der Waals surface area (Å²) < 4.78 is 16.6. The number of hydrogen-bond donors (Lipinski definition) is 1. The van der Waals surface area contributed by atoms with Crippen molar-refractivity contribution < 1.29 is 18.7 Å². The van der Waals surface area contributed by atoms with Gasteiger partial charge in [-0.15, -0.1) is 0 Å². The lowest BCUT2D eigenvalue weighted by Gasteiger charge is -2.10. The van der Waals surface area contributed by atoms with Crippen molar-refractivity contribution in [2.75, 3.05) is 19.0 Å². The lowest BCUT2D eigenvalue weighted by atomic mass is 10.1. The van der Waals surface area contributed by atoms with E-state index in [2.05, 4.69) is 10.3 Å². The molecule has 1 amide bonds. The number of aromatic nitrogens is 1. The van der Waals surface area contributed by atoms with Crippen molar-refractivity contribution in [2.24, 2.45) is 0 Å². The Kier molecular flexibility index (Phi) is 5.82. The van der Waals surface area contributed by atoms with Gasteiger partial charge in [0.05, 0.1) is 7.11 Å². The number of rotatable bonds is 6. The van der Waals surface area contributed by atoms with E-state index in [4.69, 9.17) is 25.5 Å². The van der Waals surface area contributed by atoms with Crippen molar-refractivity contribution in [3.63, 3.8) is 0 Å². The van der Waals surface area contributed by atoms with Crippen LogP contribution in [0.5, 0.6) is 11.5 Å². The summed E-state index contributed by atoms with van der Waals surface area (Å²) in [7, 11) is 1.61. The van der Waals surface area contributed by atoms with Crippen LogP contribution in [-0.4, -0.2) is 24.6 Å². The zero-order chi connectivity index (χ0) is 22.0. The van der Waals surface area contributed by atoms with Crippen LogP contribution in [-0.2, 0) is 4.79 Å². The topological polar surface area (TPSA) is 73.6 Å². The molecule has 1 aromatic heterocycles. The SMILES string of the molecule is COc1ccc2oc(-c3ccc(NC(=O)COc4cc(C)c(Cl)c(C)c4)cc3)nc2c1. The van der Waals surface area contributed by atoms with Crippen molar-refractivity contribution >= 4 is 34.3 Å². The fraction of sp³-hybridized carbons (Fsp3) is 0.167. The predicted molar refractivity (Wildman–Crippen MR) is 121 cm³/mol. The molecule has 6 nitrogen and oxygen atoms in total. The molecular formula is C24H21ClN2O4. The Bertz CT molecular complexity index is 1230. The van der Waals surface area contributed by atoms with Crippen LogP contribution in [0.1, 0.15) is 11.1 Å². The zero-order valence-corrected chi connectivity index (χ0v) is 18.1. The summed E-state index contributed by atoms with van der Waals surface area (Å²) >= 11 is 6.16. The van der Waals surface area contributed by atoms with Gasteiger partial charge in [-0.2, -0.15) is 0 Å². The van der Waals surface area contributed by atoms with E-state index in [1.54, 1.807) is 19.2 Å². The Balaban J connectivity index is 1.39. The number of ether oxygens (including phenoxy) is 2. The molecular weight excluding hydrogens is 416 g/mol. The molecule has 1 N–H and O–H groups in total. The number of oxazole rings is 1. The normalized spacial score (nSPS) is 10.8. The van der Waals surface area contributed by atoms with E-state index in [9.17, 15) is 4.79 Å². The molecule has 0 unspecified atom stereocenters. The predicted octanol–water partition coefficient (Wildman–Crippen LogP) is 5.79. The number of methoxy groups -OCH3 is 1. The van der Waals surface area contributed by atoms with Crippen molar-refractivity contribution in [2.45, 2.75) is 13.8 Å². The minimum Gasteiger partial charge on any atom is -0.497 e. The van der Waals surface area contributed by atoms with Gasteiger partial charge in [0.1, 0.15) is 17.0 Å². The molecule has 0 radical (unpaired) electrons. The summed E-state index contributed by atoms with van der Waals surface area (Å²) in [6.45, 7) is 3.70. The Morgan fingerprint density at radius 3 is 2.42 bits per heavy atom. The number of anilines is 1. The Morgan fingerprint density at radius 2 is 1.74 bits per heavy atom. The molecule has 0 bridgehead atoms. The molecule has 4 rings (SSSR count). The molecule has 0 aliphatic carbocycles. The van der Waals surface area contributed by atoms with E-state index < -0.39 is 0 Å². The second-order valence-corrected chi connectivity index (χ2v) is 7.52. The molecule has 31 heavy (non-hydrogen) atoms. The molecule has 0 aliphatic heterocycles. The number of nitrogens with one attached hydrogen (secondary N) is 1. The van der Waals surface area contributed by atoms with Crippen LogP contribution < -0.4 is 14.8 Å². The van der Waals surface area contributed by atoms with Gasteiger partial charge in [0.2, 0.25) is 5.89 Å². The third-order valence-corrected chi connectivity index (χ3v) is 5.39. The molecule has 0 fully saturated rings. The van der Waals surface area contributed by atoms with Crippen LogP contribution in [0.2, 0.25) is 5.02 Å². The van der Waals surface area contributed by atoms with Crippen molar-refractivity contribution in [1.82, 2.24) is 4.98 Å². The van der Waals surface area contributed by atoms with Gasteiger partial charge in [-0.25, -0.2) is 4.98 Å². The van der Waals surface area contributed by atoms with Gasteiger partial charge in [-0.3, -0.25) is 4.79 Å². The minimum atomic E-state index is -0.257. The van der Waals surface area contributed by atoms with E-state index in [-0.39, 0.29) is 12.5 Å². The summed E-state index contributed by atoms with van der Waals surface area (Å²) in [5, 5.41) is 3.52. The van der Waals surface area contributed by atoms with E-state index in [0.29, 0.717) is 27.9 Å². The molecule has 4 aromatic rings. The highest BCUT2D eigenvalue weighted by Gasteiger charge is 2.11. The average molecular weight is 437 g/mol. The maximum absolute atomic E-state index is 12.3. The van der Waals surface area contributed by atoms with Crippen LogP contribution >= 0.6 is 11.6 Å². The average Bonchev–Trinajstić information content (AvgIpc) is 3.19. The lowest BCUT2D eigenvalue weighted by molar-refractivity contribution is -0.118. The van der Waals surface area contributed by atoms with Gasteiger partial charge in [-0.1, -0.05) is 11.6 Å².